The summed E-state index contributed by atoms with van der Waals surface area (Å²) >= 11 is 0. The molecule has 5 heteroatoms. The first-order valence-electron chi connectivity index (χ1n) is 6.67. The lowest BCUT2D eigenvalue weighted by Gasteiger charge is -2.31. The normalized spacial score (nSPS) is 25.5. The summed E-state index contributed by atoms with van der Waals surface area (Å²) in [6, 6.07) is 8.87. The van der Waals surface area contributed by atoms with Gasteiger partial charge >= 0.3 is 5.97 Å². The van der Waals surface area contributed by atoms with Crippen LogP contribution in [0.25, 0.3) is 0 Å². The lowest BCUT2D eigenvalue weighted by atomic mass is 9.68. The van der Waals surface area contributed by atoms with Gasteiger partial charge in [0.2, 0.25) is 0 Å². The minimum absolute atomic E-state index is 0.0141. The summed E-state index contributed by atoms with van der Waals surface area (Å²) in [4.78, 5) is 48.0. The molecule has 0 bridgehead atoms. The molecule has 0 spiro atoms. The number of carbonyl (C=O) groups excluding carboxylic acids is 4. The van der Waals surface area contributed by atoms with Crippen LogP contribution in [0.1, 0.15) is 24.8 Å². The fraction of sp³-hybridized carbons (Fsp3) is 0.375. The van der Waals surface area contributed by atoms with Crippen molar-refractivity contribution in [2.45, 2.75) is 19.3 Å². The maximum Gasteiger partial charge on any atom is 0.316 e. The molecule has 0 unspecified atom stereocenters. The molecule has 0 aromatic heterocycles. The number of Topliss-reactive ketones (excluding diaryl/α,β-unsaturated/α-hetero) is 3. The molecule has 2 rings (SSSR count). The standard InChI is InChI=1S/C16H16O5/c1-9(17)13-12(18)8-11(10-6-4-3-5-7-10)14(15(13)19)16(20)21-2/h3-7,11,13-14H,8H2,1-2H3/t11-,13+,14-/m1/s1. The van der Waals surface area contributed by atoms with Gasteiger partial charge in [-0.05, 0) is 12.5 Å². The fourth-order valence-electron chi connectivity index (χ4n) is 2.83. The van der Waals surface area contributed by atoms with Crippen molar-refractivity contribution in [3.05, 3.63) is 35.9 Å². The van der Waals surface area contributed by atoms with Crippen LogP contribution < -0.4 is 0 Å². The predicted molar refractivity (Wildman–Crippen MR) is 73.5 cm³/mol. The van der Waals surface area contributed by atoms with Crippen molar-refractivity contribution >= 4 is 23.3 Å². The van der Waals surface area contributed by atoms with Crippen molar-refractivity contribution in [1.82, 2.24) is 0 Å². The first-order chi connectivity index (χ1) is 9.97. The van der Waals surface area contributed by atoms with E-state index in [0.29, 0.717) is 0 Å². The molecule has 1 fully saturated rings. The average Bonchev–Trinajstić information content (AvgIpc) is 2.46. The highest BCUT2D eigenvalue weighted by Crippen LogP contribution is 2.37. The van der Waals surface area contributed by atoms with E-state index in [1.807, 2.05) is 6.07 Å². The largest absolute Gasteiger partial charge is 0.468 e. The number of rotatable bonds is 3. The maximum absolute atomic E-state index is 12.4. The number of ketones is 3. The van der Waals surface area contributed by atoms with Crippen LogP contribution in [0.3, 0.4) is 0 Å². The summed E-state index contributed by atoms with van der Waals surface area (Å²) in [7, 11) is 1.19. The van der Waals surface area contributed by atoms with E-state index in [0.717, 1.165) is 5.56 Å². The molecule has 5 nitrogen and oxygen atoms in total. The quantitative estimate of drug-likeness (QED) is 0.619. The number of hydrogen-bond donors (Lipinski definition) is 0. The number of hydrogen-bond acceptors (Lipinski definition) is 5. The van der Waals surface area contributed by atoms with E-state index < -0.39 is 41.1 Å². The number of benzene rings is 1. The molecule has 1 saturated carbocycles. The van der Waals surface area contributed by atoms with Crippen molar-refractivity contribution in [2.24, 2.45) is 11.8 Å². The molecule has 0 heterocycles. The zero-order chi connectivity index (χ0) is 15.6. The lowest BCUT2D eigenvalue weighted by molar-refractivity contribution is -0.155. The molecule has 3 atom stereocenters. The molecule has 1 aromatic rings. The Labute approximate surface area is 122 Å². The van der Waals surface area contributed by atoms with Gasteiger partial charge in [0.25, 0.3) is 0 Å². The van der Waals surface area contributed by atoms with Crippen LogP contribution in [0.15, 0.2) is 30.3 Å². The smallest absolute Gasteiger partial charge is 0.316 e. The van der Waals surface area contributed by atoms with Gasteiger partial charge in [-0.3, -0.25) is 19.2 Å². The highest BCUT2D eigenvalue weighted by molar-refractivity contribution is 6.24. The SMILES string of the molecule is COC(=O)[C@H]1C(=O)[C@@H](C(C)=O)C(=O)C[C@@H]1c1ccccc1. The van der Waals surface area contributed by atoms with Gasteiger partial charge in [-0.25, -0.2) is 0 Å². The molecule has 1 aromatic carbocycles. The Bertz CT molecular complexity index is 590. The number of methoxy groups -OCH3 is 1. The van der Waals surface area contributed by atoms with Crippen LogP contribution in [0.4, 0.5) is 0 Å². The zero-order valence-corrected chi connectivity index (χ0v) is 11.9. The van der Waals surface area contributed by atoms with E-state index in [4.69, 9.17) is 4.74 Å². The highest BCUT2D eigenvalue weighted by atomic mass is 16.5. The molecule has 0 amide bonds. The molecule has 21 heavy (non-hydrogen) atoms. The van der Waals surface area contributed by atoms with Crippen molar-refractivity contribution in [1.29, 1.82) is 0 Å². The van der Waals surface area contributed by atoms with E-state index >= 15 is 0 Å². The van der Waals surface area contributed by atoms with Crippen LogP contribution in [-0.2, 0) is 23.9 Å². The van der Waals surface area contributed by atoms with Gasteiger partial charge in [-0.1, -0.05) is 30.3 Å². The Hall–Kier alpha value is -2.30. The number of carbonyl (C=O) groups is 4. The summed E-state index contributed by atoms with van der Waals surface area (Å²) < 4.78 is 4.69. The Morgan fingerprint density at radius 1 is 1.14 bits per heavy atom. The van der Waals surface area contributed by atoms with Crippen LogP contribution in [0, 0.1) is 11.8 Å². The summed E-state index contributed by atoms with van der Waals surface area (Å²) in [6.07, 6.45) is -0.0141. The summed E-state index contributed by atoms with van der Waals surface area (Å²) in [6.45, 7) is 1.19. The molecule has 0 aliphatic heterocycles. The summed E-state index contributed by atoms with van der Waals surface area (Å²) in [5.41, 5.74) is 0.719. The van der Waals surface area contributed by atoms with Gasteiger partial charge in [-0.15, -0.1) is 0 Å². The number of esters is 1. The monoisotopic (exact) mass is 288 g/mol. The first-order valence-corrected chi connectivity index (χ1v) is 6.67. The Morgan fingerprint density at radius 3 is 2.29 bits per heavy atom. The molecule has 1 aliphatic carbocycles. The Balaban J connectivity index is 2.45. The zero-order valence-electron chi connectivity index (χ0n) is 11.9. The van der Waals surface area contributed by atoms with Crippen molar-refractivity contribution in [3.8, 4) is 0 Å². The summed E-state index contributed by atoms with van der Waals surface area (Å²) in [5, 5.41) is 0. The van der Waals surface area contributed by atoms with E-state index in [-0.39, 0.29) is 6.42 Å². The second-order valence-electron chi connectivity index (χ2n) is 5.13. The maximum atomic E-state index is 12.4. The van der Waals surface area contributed by atoms with E-state index in [1.165, 1.54) is 14.0 Å². The van der Waals surface area contributed by atoms with Gasteiger partial charge in [0, 0.05) is 12.3 Å². The van der Waals surface area contributed by atoms with Gasteiger partial charge in [0.05, 0.1) is 7.11 Å². The predicted octanol–water partition coefficient (Wildman–Crippen LogP) is 1.31. The first kappa shape index (κ1) is 15.1. The van der Waals surface area contributed by atoms with Crippen molar-refractivity contribution < 1.29 is 23.9 Å². The van der Waals surface area contributed by atoms with Crippen molar-refractivity contribution in [2.75, 3.05) is 7.11 Å². The molecular weight excluding hydrogens is 272 g/mol. The molecule has 0 saturated heterocycles. The third-order valence-corrected chi connectivity index (χ3v) is 3.83. The van der Waals surface area contributed by atoms with Crippen LogP contribution in [-0.4, -0.2) is 30.4 Å². The van der Waals surface area contributed by atoms with E-state index in [9.17, 15) is 19.2 Å². The molecule has 0 radical (unpaired) electrons. The van der Waals surface area contributed by atoms with Gasteiger partial charge in [0.15, 0.2) is 11.6 Å². The van der Waals surface area contributed by atoms with Crippen LogP contribution in [0.2, 0.25) is 0 Å². The highest BCUT2D eigenvalue weighted by Gasteiger charge is 2.49. The van der Waals surface area contributed by atoms with Crippen LogP contribution >= 0.6 is 0 Å². The lowest BCUT2D eigenvalue weighted by Crippen LogP contribution is -2.46. The minimum atomic E-state index is -1.34. The topological polar surface area (TPSA) is 77.5 Å². The van der Waals surface area contributed by atoms with Gasteiger partial charge in [-0.2, -0.15) is 0 Å². The van der Waals surface area contributed by atoms with E-state index in [2.05, 4.69) is 0 Å². The Morgan fingerprint density at radius 2 is 1.76 bits per heavy atom. The second-order valence-corrected chi connectivity index (χ2v) is 5.13. The molecule has 1 aliphatic rings. The van der Waals surface area contributed by atoms with Crippen molar-refractivity contribution in [3.63, 3.8) is 0 Å². The second kappa shape index (κ2) is 5.99. The minimum Gasteiger partial charge on any atom is -0.468 e. The Kier molecular flexibility index (Phi) is 4.31. The third-order valence-electron chi connectivity index (χ3n) is 3.83. The molecule has 110 valence electrons. The average molecular weight is 288 g/mol. The fourth-order valence-corrected chi connectivity index (χ4v) is 2.83. The van der Waals surface area contributed by atoms with Gasteiger partial charge in [0.1, 0.15) is 17.6 Å². The summed E-state index contributed by atoms with van der Waals surface area (Å²) in [5.74, 6) is -5.33. The number of ether oxygens (including phenoxy) is 1. The molecular formula is C16H16O5. The van der Waals surface area contributed by atoms with Gasteiger partial charge < -0.3 is 4.74 Å². The third kappa shape index (κ3) is 2.77. The molecule has 0 N–H and O–H groups in total. The van der Waals surface area contributed by atoms with Crippen LogP contribution in [0.5, 0.6) is 0 Å². The van der Waals surface area contributed by atoms with E-state index in [1.54, 1.807) is 24.3 Å².